The summed E-state index contributed by atoms with van der Waals surface area (Å²) in [6.45, 7) is 0.00462. The molecule has 1 fully saturated rings. The molecule has 2 aliphatic heterocycles. The van der Waals surface area contributed by atoms with Crippen LogP contribution < -0.4 is 15.5 Å². The lowest BCUT2D eigenvalue weighted by Gasteiger charge is -2.40. The van der Waals surface area contributed by atoms with Crippen LogP contribution in [0.1, 0.15) is 17.4 Å². The minimum Gasteiger partial charge on any atom is -0.368 e. The molecule has 2 aromatic rings. The van der Waals surface area contributed by atoms with E-state index in [0.717, 1.165) is 0 Å². The van der Waals surface area contributed by atoms with Crippen LogP contribution in [-0.2, 0) is 0 Å². The van der Waals surface area contributed by atoms with Crippen molar-refractivity contribution in [3.63, 3.8) is 0 Å². The Morgan fingerprint density at radius 3 is 2.50 bits per heavy atom. The van der Waals surface area contributed by atoms with Crippen molar-refractivity contribution in [1.29, 1.82) is 0 Å². The molecule has 3 unspecified atom stereocenters. The van der Waals surface area contributed by atoms with E-state index in [4.69, 9.17) is 5.73 Å². The van der Waals surface area contributed by atoms with E-state index in [2.05, 4.69) is 4.98 Å². The van der Waals surface area contributed by atoms with Gasteiger partial charge in [0.1, 0.15) is 17.0 Å². The number of pyridine rings is 1. The second-order valence-corrected chi connectivity index (χ2v) is 8.31. The first-order valence-electron chi connectivity index (χ1n) is 9.31. The SMILES string of the molecule is NC1CC(C(F)(F)F)CN(c2ccncc2N2C=CSC2c2c(F)cccc2F)C1. The van der Waals surface area contributed by atoms with E-state index < -0.39 is 35.1 Å². The zero-order valence-corrected chi connectivity index (χ0v) is 16.5. The molecule has 0 spiro atoms. The molecule has 0 amide bonds. The first-order chi connectivity index (χ1) is 14.3. The lowest BCUT2D eigenvalue weighted by molar-refractivity contribution is -0.177. The van der Waals surface area contributed by atoms with E-state index in [0.29, 0.717) is 11.4 Å². The first-order valence-corrected chi connectivity index (χ1v) is 10.3. The van der Waals surface area contributed by atoms with Crippen molar-refractivity contribution in [3.8, 4) is 0 Å². The number of alkyl halides is 3. The molecule has 30 heavy (non-hydrogen) atoms. The third kappa shape index (κ3) is 3.98. The number of rotatable bonds is 3. The zero-order valence-electron chi connectivity index (χ0n) is 15.7. The number of piperidine rings is 1. The third-order valence-electron chi connectivity index (χ3n) is 5.27. The highest BCUT2D eigenvalue weighted by Gasteiger charge is 2.44. The van der Waals surface area contributed by atoms with E-state index >= 15 is 0 Å². The Balaban J connectivity index is 1.70. The summed E-state index contributed by atoms with van der Waals surface area (Å²) >= 11 is 1.20. The van der Waals surface area contributed by atoms with Crippen LogP contribution in [0.15, 0.2) is 48.3 Å². The molecule has 2 aliphatic rings. The van der Waals surface area contributed by atoms with Gasteiger partial charge in [-0.2, -0.15) is 13.2 Å². The Kier molecular flexibility index (Phi) is 5.63. The number of nitrogens with two attached hydrogens (primary N) is 1. The number of anilines is 2. The van der Waals surface area contributed by atoms with Crippen molar-refractivity contribution in [2.45, 2.75) is 24.0 Å². The average molecular weight is 442 g/mol. The molecular formula is C20H19F5N4S. The lowest BCUT2D eigenvalue weighted by atomic mass is 9.93. The van der Waals surface area contributed by atoms with Gasteiger partial charge in [-0.1, -0.05) is 6.07 Å². The van der Waals surface area contributed by atoms with Crippen LogP contribution in [0.2, 0.25) is 0 Å². The number of hydrogen-bond donors (Lipinski definition) is 1. The Morgan fingerprint density at radius 1 is 1.07 bits per heavy atom. The fourth-order valence-corrected chi connectivity index (χ4v) is 4.92. The van der Waals surface area contributed by atoms with Gasteiger partial charge in [0.2, 0.25) is 0 Å². The molecule has 2 N–H and O–H groups in total. The van der Waals surface area contributed by atoms with E-state index in [1.807, 2.05) is 0 Å². The fraction of sp³-hybridized carbons (Fsp3) is 0.350. The highest BCUT2D eigenvalue weighted by molar-refractivity contribution is 8.02. The molecule has 1 aromatic heterocycles. The highest BCUT2D eigenvalue weighted by Crippen LogP contribution is 2.47. The smallest absolute Gasteiger partial charge is 0.368 e. The van der Waals surface area contributed by atoms with Crippen molar-refractivity contribution in [2.24, 2.45) is 11.7 Å². The Labute approximate surface area is 174 Å². The van der Waals surface area contributed by atoms with E-state index in [9.17, 15) is 22.0 Å². The number of nitrogens with zero attached hydrogens (tertiary/aromatic N) is 3. The molecule has 1 saturated heterocycles. The molecule has 0 radical (unpaired) electrons. The molecule has 160 valence electrons. The molecule has 0 saturated carbocycles. The van der Waals surface area contributed by atoms with Gasteiger partial charge in [-0.15, -0.1) is 11.8 Å². The Bertz CT molecular complexity index is 931. The van der Waals surface area contributed by atoms with Gasteiger partial charge in [0.15, 0.2) is 0 Å². The standard InChI is InChI=1S/C20H19F5N4S/c21-14-2-1-3-15(22)18(14)19-29(6-7-30-19)17-9-27-5-4-16(17)28-10-12(20(23,24)25)8-13(26)11-28/h1-7,9,12-13,19H,8,10-11,26H2. The second-order valence-electron chi connectivity index (χ2n) is 7.32. The minimum absolute atomic E-state index is 0.120. The summed E-state index contributed by atoms with van der Waals surface area (Å²) in [6, 6.07) is 4.60. The van der Waals surface area contributed by atoms with Gasteiger partial charge in [0, 0.05) is 31.5 Å². The largest absolute Gasteiger partial charge is 0.393 e. The number of aromatic nitrogens is 1. The number of benzene rings is 1. The maximum absolute atomic E-state index is 14.4. The van der Waals surface area contributed by atoms with Gasteiger partial charge in [0.25, 0.3) is 0 Å². The second kappa shape index (κ2) is 8.07. The van der Waals surface area contributed by atoms with Gasteiger partial charge >= 0.3 is 6.18 Å². The van der Waals surface area contributed by atoms with Crippen LogP contribution >= 0.6 is 11.8 Å². The molecule has 0 aliphatic carbocycles. The minimum atomic E-state index is -4.36. The van der Waals surface area contributed by atoms with Gasteiger partial charge in [-0.05, 0) is 30.0 Å². The molecule has 10 heteroatoms. The summed E-state index contributed by atoms with van der Waals surface area (Å²) in [5.41, 5.74) is 6.75. The maximum Gasteiger partial charge on any atom is 0.393 e. The van der Waals surface area contributed by atoms with Crippen molar-refractivity contribution in [2.75, 3.05) is 22.9 Å². The Hall–Kier alpha value is -2.33. The topological polar surface area (TPSA) is 45.4 Å². The number of halogens is 5. The van der Waals surface area contributed by atoms with E-state index in [-0.39, 0.29) is 25.1 Å². The highest BCUT2D eigenvalue weighted by atomic mass is 32.2. The van der Waals surface area contributed by atoms with E-state index in [1.165, 1.54) is 42.4 Å². The van der Waals surface area contributed by atoms with Gasteiger partial charge in [-0.25, -0.2) is 8.78 Å². The molecule has 3 heterocycles. The number of hydrogen-bond acceptors (Lipinski definition) is 5. The van der Waals surface area contributed by atoms with Gasteiger partial charge < -0.3 is 15.5 Å². The van der Waals surface area contributed by atoms with Crippen LogP contribution in [0.4, 0.5) is 33.3 Å². The lowest BCUT2D eigenvalue weighted by Crippen LogP contribution is -2.51. The van der Waals surface area contributed by atoms with Crippen LogP contribution in [0.5, 0.6) is 0 Å². The van der Waals surface area contributed by atoms with Crippen molar-refractivity contribution in [3.05, 3.63) is 65.5 Å². The van der Waals surface area contributed by atoms with Crippen LogP contribution in [-0.4, -0.2) is 30.3 Å². The molecule has 3 atom stereocenters. The summed E-state index contributed by atoms with van der Waals surface area (Å²) in [5.74, 6) is -2.93. The van der Waals surface area contributed by atoms with Gasteiger partial charge in [-0.3, -0.25) is 4.98 Å². The predicted molar refractivity (Wildman–Crippen MR) is 107 cm³/mol. The zero-order chi connectivity index (χ0) is 21.5. The maximum atomic E-state index is 14.4. The molecule has 0 bridgehead atoms. The average Bonchev–Trinajstić information content (AvgIpc) is 3.16. The number of thioether (sulfide) groups is 1. The monoisotopic (exact) mass is 442 g/mol. The normalized spacial score (nSPS) is 24.5. The van der Waals surface area contributed by atoms with Crippen molar-refractivity contribution in [1.82, 2.24) is 4.98 Å². The Morgan fingerprint density at radius 2 is 1.80 bits per heavy atom. The predicted octanol–water partition coefficient (Wildman–Crippen LogP) is 4.80. The summed E-state index contributed by atoms with van der Waals surface area (Å²) < 4.78 is 68.9. The quantitative estimate of drug-likeness (QED) is 0.692. The third-order valence-corrected chi connectivity index (χ3v) is 6.27. The first kappa shape index (κ1) is 20.9. The molecule has 4 nitrogen and oxygen atoms in total. The molecule has 4 rings (SSSR count). The summed E-state index contributed by atoms with van der Waals surface area (Å²) in [4.78, 5) is 7.29. The fourth-order valence-electron chi connectivity index (χ4n) is 3.90. The summed E-state index contributed by atoms with van der Waals surface area (Å²) in [5, 5.41) is 0.944. The molecule has 1 aromatic carbocycles. The summed E-state index contributed by atoms with van der Waals surface area (Å²) in [6.07, 6.45) is 0.120. The van der Waals surface area contributed by atoms with Crippen LogP contribution in [0.25, 0.3) is 0 Å². The van der Waals surface area contributed by atoms with E-state index in [1.54, 1.807) is 27.5 Å². The van der Waals surface area contributed by atoms with Crippen molar-refractivity contribution >= 4 is 23.1 Å². The molecular weight excluding hydrogens is 423 g/mol. The summed E-state index contributed by atoms with van der Waals surface area (Å²) in [7, 11) is 0. The van der Waals surface area contributed by atoms with Crippen molar-refractivity contribution < 1.29 is 22.0 Å². The van der Waals surface area contributed by atoms with Crippen LogP contribution in [0.3, 0.4) is 0 Å². The van der Waals surface area contributed by atoms with Gasteiger partial charge in [0.05, 0.1) is 29.1 Å². The van der Waals surface area contributed by atoms with Crippen LogP contribution in [0, 0.1) is 17.6 Å².